The van der Waals surface area contributed by atoms with Gasteiger partial charge in [-0.2, -0.15) is 5.10 Å². The summed E-state index contributed by atoms with van der Waals surface area (Å²) in [6.07, 6.45) is 0. The summed E-state index contributed by atoms with van der Waals surface area (Å²) in [6, 6.07) is 14.4. The minimum Gasteiger partial charge on any atom is -0.357 e. The van der Waals surface area contributed by atoms with Crippen LogP contribution in [0.4, 0.5) is 10.2 Å². The zero-order chi connectivity index (χ0) is 17.4. The molecule has 3 aromatic rings. The van der Waals surface area contributed by atoms with Crippen LogP contribution in [0.5, 0.6) is 0 Å². The van der Waals surface area contributed by atoms with Crippen LogP contribution in [0, 0.1) is 12.7 Å². The van der Waals surface area contributed by atoms with E-state index in [9.17, 15) is 4.39 Å². The molecule has 1 aromatic heterocycles. The molecule has 6 heteroatoms. The van der Waals surface area contributed by atoms with Crippen molar-refractivity contribution in [1.82, 2.24) is 14.7 Å². The molecule has 2 aromatic carbocycles. The van der Waals surface area contributed by atoms with Crippen molar-refractivity contribution in [2.45, 2.75) is 20.1 Å². The summed E-state index contributed by atoms with van der Waals surface area (Å²) in [5.41, 5.74) is 4.19. The van der Waals surface area contributed by atoms with E-state index in [0.717, 1.165) is 34.7 Å². The lowest BCUT2D eigenvalue weighted by atomic mass is 10.1. The smallest absolute Gasteiger partial charge is 0.135 e. The lowest BCUT2D eigenvalue weighted by Crippen LogP contribution is -2.36. The number of aryl methyl sites for hydroxylation is 1. The summed E-state index contributed by atoms with van der Waals surface area (Å²) >= 11 is 6.14. The highest BCUT2D eigenvalue weighted by Gasteiger charge is 2.23. The summed E-state index contributed by atoms with van der Waals surface area (Å²) < 4.78 is 15.0. The van der Waals surface area contributed by atoms with Crippen LogP contribution in [0.2, 0.25) is 5.02 Å². The quantitative estimate of drug-likeness (QED) is 0.750. The highest BCUT2D eigenvalue weighted by atomic mass is 35.5. The Kier molecular flexibility index (Phi) is 4.19. The molecule has 4 rings (SSSR count). The van der Waals surface area contributed by atoms with E-state index in [1.807, 2.05) is 48.0 Å². The second kappa shape index (κ2) is 6.50. The van der Waals surface area contributed by atoms with Gasteiger partial charge < -0.3 is 5.32 Å². The maximum atomic E-state index is 13.0. The molecule has 25 heavy (non-hydrogen) atoms. The van der Waals surface area contributed by atoms with Gasteiger partial charge in [-0.25, -0.2) is 9.07 Å². The first-order valence-electron chi connectivity index (χ1n) is 8.14. The van der Waals surface area contributed by atoms with E-state index in [1.54, 1.807) is 0 Å². The van der Waals surface area contributed by atoms with E-state index in [2.05, 4.69) is 15.3 Å². The number of nitrogens with zero attached hydrogens (tertiary/aromatic N) is 3. The summed E-state index contributed by atoms with van der Waals surface area (Å²) in [5.74, 6) is 0.798. The average molecular weight is 357 g/mol. The van der Waals surface area contributed by atoms with E-state index in [4.69, 9.17) is 11.6 Å². The van der Waals surface area contributed by atoms with E-state index in [0.29, 0.717) is 18.4 Å². The van der Waals surface area contributed by atoms with Gasteiger partial charge in [0.05, 0.1) is 19.0 Å². The second-order valence-electron chi connectivity index (χ2n) is 6.25. The minimum atomic E-state index is -0.211. The Balaban J connectivity index is 1.58. The van der Waals surface area contributed by atoms with Crippen LogP contribution in [0.25, 0.3) is 11.1 Å². The van der Waals surface area contributed by atoms with Crippen molar-refractivity contribution in [2.75, 3.05) is 12.0 Å². The highest BCUT2D eigenvalue weighted by Crippen LogP contribution is 2.34. The first-order valence-corrected chi connectivity index (χ1v) is 8.52. The van der Waals surface area contributed by atoms with Crippen LogP contribution in [0.1, 0.15) is 11.3 Å². The van der Waals surface area contributed by atoms with Crippen molar-refractivity contribution in [3.63, 3.8) is 0 Å². The molecular weight excluding hydrogens is 339 g/mol. The summed E-state index contributed by atoms with van der Waals surface area (Å²) in [4.78, 5) is 2.22. The first-order chi connectivity index (χ1) is 12.1. The van der Waals surface area contributed by atoms with Gasteiger partial charge in [0.15, 0.2) is 0 Å². The molecule has 0 atom stereocenters. The molecular formula is C19H18ClFN4. The molecule has 1 aliphatic heterocycles. The number of anilines is 1. The molecule has 0 fully saturated rings. The maximum Gasteiger partial charge on any atom is 0.135 e. The molecule has 1 aliphatic rings. The normalized spacial score (nSPS) is 14.2. The number of aromatic nitrogens is 2. The van der Waals surface area contributed by atoms with Gasteiger partial charge in [0, 0.05) is 17.1 Å². The van der Waals surface area contributed by atoms with E-state index < -0.39 is 0 Å². The number of nitrogens with one attached hydrogen (secondary N) is 1. The van der Waals surface area contributed by atoms with Crippen LogP contribution in [-0.4, -0.2) is 21.3 Å². The van der Waals surface area contributed by atoms with Gasteiger partial charge in [0.2, 0.25) is 0 Å². The molecule has 0 spiro atoms. The fourth-order valence-electron chi connectivity index (χ4n) is 3.23. The lowest BCUT2D eigenvalue weighted by Gasteiger charge is -2.29. The molecule has 2 heterocycles. The van der Waals surface area contributed by atoms with Crippen molar-refractivity contribution in [2.24, 2.45) is 0 Å². The third-order valence-electron chi connectivity index (χ3n) is 4.36. The number of fused-ring (bicyclic) bond motifs is 1. The second-order valence-corrected chi connectivity index (χ2v) is 6.69. The third-order valence-corrected chi connectivity index (χ3v) is 4.60. The molecule has 0 amide bonds. The van der Waals surface area contributed by atoms with Gasteiger partial charge in [-0.05, 0) is 42.3 Å². The maximum absolute atomic E-state index is 13.0. The molecule has 0 bridgehead atoms. The predicted molar refractivity (Wildman–Crippen MR) is 97.8 cm³/mol. The summed E-state index contributed by atoms with van der Waals surface area (Å²) in [5, 5.41) is 8.85. The summed E-state index contributed by atoms with van der Waals surface area (Å²) in [7, 11) is 0. The van der Waals surface area contributed by atoms with Gasteiger partial charge in [-0.3, -0.25) is 4.90 Å². The molecule has 0 aliphatic carbocycles. The number of rotatable bonds is 3. The van der Waals surface area contributed by atoms with Gasteiger partial charge in [-0.15, -0.1) is 0 Å². The Morgan fingerprint density at radius 1 is 1.20 bits per heavy atom. The Hall–Kier alpha value is -2.37. The standard InChI is InChI=1S/C19H18ClFN4/c1-13-18(15-3-2-4-16(20)9-15)19-22-11-24(12-25(19)23-13)10-14-5-7-17(21)8-6-14/h2-9,22H,10-12H2,1H3. The van der Waals surface area contributed by atoms with Gasteiger partial charge in [0.25, 0.3) is 0 Å². The highest BCUT2D eigenvalue weighted by molar-refractivity contribution is 6.30. The predicted octanol–water partition coefficient (Wildman–Crippen LogP) is 4.49. The van der Waals surface area contributed by atoms with Crippen molar-refractivity contribution in [3.05, 3.63) is 70.6 Å². The average Bonchev–Trinajstić information content (AvgIpc) is 2.92. The van der Waals surface area contributed by atoms with Crippen LogP contribution >= 0.6 is 11.6 Å². The first kappa shape index (κ1) is 16.1. The third kappa shape index (κ3) is 3.25. The molecule has 0 radical (unpaired) electrons. The van der Waals surface area contributed by atoms with Crippen molar-refractivity contribution >= 4 is 17.4 Å². The zero-order valence-corrected chi connectivity index (χ0v) is 14.6. The molecule has 128 valence electrons. The molecule has 0 unspecified atom stereocenters. The number of halogens is 2. The lowest BCUT2D eigenvalue weighted by molar-refractivity contribution is 0.198. The molecule has 0 saturated heterocycles. The largest absolute Gasteiger partial charge is 0.357 e. The number of hydrogen-bond donors (Lipinski definition) is 1. The van der Waals surface area contributed by atoms with Crippen molar-refractivity contribution < 1.29 is 4.39 Å². The summed E-state index contributed by atoms with van der Waals surface area (Å²) in [6.45, 7) is 4.13. The molecule has 4 nitrogen and oxygen atoms in total. The molecule has 0 saturated carbocycles. The SMILES string of the molecule is Cc1nn2c(c1-c1cccc(Cl)c1)NCN(Cc1ccc(F)cc1)C2. The zero-order valence-electron chi connectivity index (χ0n) is 13.8. The van der Waals surface area contributed by atoms with Crippen LogP contribution in [0.15, 0.2) is 48.5 Å². The fraction of sp³-hybridized carbons (Fsp3) is 0.211. The topological polar surface area (TPSA) is 33.1 Å². The van der Waals surface area contributed by atoms with E-state index in [1.165, 1.54) is 12.1 Å². The van der Waals surface area contributed by atoms with Crippen LogP contribution < -0.4 is 5.32 Å². The van der Waals surface area contributed by atoms with Crippen molar-refractivity contribution in [1.29, 1.82) is 0 Å². The number of benzene rings is 2. The van der Waals surface area contributed by atoms with Gasteiger partial charge in [0.1, 0.15) is 11.6 Å². The van der Waals surface area contributed by atoms with E-state index >= 15 is 0 Å². The van der Waals surface area contributed by atoms with Crippen molar-refractivity contribution in [3.8, 4) is 11.1 Å². The Bertz CT molecular complexity index is 904. The van der Waals surface area contributed by atoms with E-state index in [-0.39, 0.29) is 5.82 Å². The van der Waals surface area contributed by atoms with Gasteiger partial charge >= 0.3 is 0 Å². The minimum absolute atomic E-state index is 0.211. The van der Waals surface area contributed by atoms with Crippen LogP contribution in [-0.2, 0) is 13.2 Å². The number of hydrogen-bond acceptors (Lipinski definition) is 3. The fourth-order valence-corrected chi connectivity index (χ4v) is 3.42. The Morgan fingerprint density at radius 3 is 2.76 bits per heavy atom. The Labute approximate surface area is 150 Å². The monoisotopic (exact) mass is 356 g/mol. The van der Waals surface area contributed by atoms with Gasteiger partial charge in [-0.1, -0.05) is 35.9 Å². The Morgan fingerprint density at radius 2 is 2.00 bits per heavy atom. The van der Waals surface area contributed by atoms with Crippen LogP contribution in [0.3, 0.4) is 0 Å². The molecule has 1 N–H and O–H groups in total.